The van der Waals surface area contributed by atoms with E-state index in [9.17, 15) is 0 Å². The summed E-state index contributed by atoms with van der Waals surface area (Å²) in [6, 6.07) is 16.2. The minimum absolute atomic E-state index is 0.907. The van der Waals surface area contributed by atoms with Crippen molar-refractivity contribution in [3.8, 4) is 17.1 Å². The van der Waals surface area contributed by atoms with E-state index >= 15 is 0 Å². The molecule has 23 heavy (non-hydrogen) atoms. The highest BCUT2D eigenvalue weighted by atomic mass is 79.9. The summed E-state index contributed by atoms with van der Waals surface area (Å²) in [6.07, 6.45) is 2.02. The molecule has 0 bridgehead atoms. The molecule has 0 saturated carbocycles. The van der Waals surface area contributed by atoms with Crippen molar-refractivity contribution in [3.05, 3.63) is 70.6 Å². The summed E-state index contributed by atoms with van der Waals surface area (Å²) >= 11 is 3.62. The topological polar surface area (TPSA) is 35.1 Å². The predicted molar refractivity (Wildman–Crippen MR) is 94.9 cm³/mol. The standard InChI is InChI=1S/C18H15BrN4/c1-12-16(19)13(2)23(21-12)18-17(14-8-4-3-5-9-14)20-15-10-6-7-11-22(15)18/h3-11H,1-2H3. The molecular weight excluding hydrogens is 352 g/mol. The van der Waals surface area contributed by atoms with Crippen LogP contribution in [0.4, 0.5) is 0 Å². The normalized spacial score (nSPS) is 11.3. The molecule has 0 atom stereocenters. The van der Waals surface area contributed by atoms with Gasteiger partial charge in [0.2, 0.25) is 0 Å². The van der Waals surface area contributed by atoms with Crippen LogP contribution in [0.3, 0.4) is 0 Å². The summed E-state index contributed by atoms with van der Waals surface area (Å²) in [7, 11) is 0. The smallest absolute Gasteiger partial charge is 0.166 e. The molecule has 4 nitrogen and oxygen atoms in total. The molecule has 0 amide bonds. The number of halogens is 1. The van der Waals surface area contributed by atoms with Crippen LogP contribution in [0.15, 0.2) is 59.2 Å². The van der Waals surface area contributed by atoms with Crippen LogP contribution in [-0.4, -0.2) is 19.2 Å². The van der Waals surface area contributed by atoms with Crippen LogP contribution in [0.2, 0.25) is 0 Å². The summed E-state index contributed by atoms with van der Waals surface area (Å²) in [6.45, 7) is 4.06. The maximum Gasteiger partial charge on any atom is 0.166 e. The van der Waals surface area contributed by atoms with Crippen molar-refractivity contribution in [1.29, 1.82) is 0 Å². The van der Waals surface area contributed by atoms with E-state index in [2.05, 4.69) is 39.4 Å². The van der Waals surface area contributed by atoms with Crippen molar-refractivity contribution in [1.82, 2.24) is 19.2 Å². The Morgan fingerprint density at radius 2 is 1.70 bits per heavy atom. The van der Waals surface area contributed by atoms with Gasteiger partial charge in [0.1, 0.15) is 11.3 Å². The van der Waals surface area contributed by atoms with Crippen molar-refractivity contribution in [3.63, 3.8) is 0 Å². The third kappa shape index (κ3) is 2.19. The van der Waals surface area contributed by atoms with Gasteiger partial charge in [0.25, 0.3) is 0 Å². The van der Waals surface area contributed by atoms with Crippen molar-refractivity contribution >= 4 is 21.6 Å². The molecule has 0 aliphatic rings. The highest BCUT2D eigenvalue weighted by Gasteiger charge is 2.19. The third-order valence-electron chi connectivity index (χ3n) is 3.96. The lowest BCUT2D eigenvalue weighted by atomic mass is 10.1. The number of imidazole rings is 1. The second-order valence-corrected chi connectivity index (χ2v) is 6.27. The second-order valence-electron chi connectivity index (χ2n) is 5.48. The summed E-state index contributed by atoms with van der Waals surface area (Å²) in [5.74, 6) is 0.957. The van der Waals surface area contributed by atoms with Crippen molar-refractivity contribution in [2.45, 2.75) is 13.8 Å². The fraction of sp³-hybridized carbons (Fsp3) is 0.111. The lowest BCUT2D eigenvalue weighted by molar-refractivity contribution is 0.798. The second kappa shape index (κ2) is 5.35. The zero-order valence-corrected chi connectivity index (χ0v) is 14.4. The number of benzene rings is 1. The highest BCUT2D eigenvalue weighted by molar-refractivity contribution is 9.10. The largest absolute Gasteiger partial charge is 0.284 e. The van der Waals surface area contributed by atoms with E-state index in [0.29, 0.717) is 0 Å². The van der Waals surface area contributed by atoms with Crippen LogP contribution in [0.5, 0.6) is 0 Å². The third-order valence-corrected chi connectivity index (χ3v) is 5.10. The Morgan fingerprint density at radius 1 is 0.957 bits per heavy atom. The number of hydrogen-bond donors (Lipinski definition) is 0. The van der Waals surface area contributed by atoms with E-state index in [1.54, 1.807) is 0 Å². The SMILES string of the molecule is Cc1nn(-c2c(-c3ccccc3)nc3ccccn23)c(C)c1Br. The van der Waals surface area contributed by atoms with Gasteiger partial charge in [-0.05, 0) is 41.9 Å². The average molecular weight is 367 g/mol. The molecule has 5 heteroatoms. The molecule has 4 aromatic rings. The summed E-state index contributed by atoms with van der Waals surface area (Å²) in [4.78, 5) is 4.83. The fourth-order valence-corrected chi connectivity index (χ4v) is 3.05. The summed E-state index contributed by atoms with van der Waals surface area (Å²) in [5.41, 5.74) is 4.94. The molecular formula is C18H15BrN4. The molecule has 3 aromatic heterocycles. The number of aryl methyl sites for hydroxylation is 1. The Hall–Kier alpha value is -2.40. The Balaban J connectivity index is 2.10. The molecule has 4 rings (SSSR count). The number of hydrogen-bond acceptors (Lipinski definition) is 2. The van der Waals surface area contributed by atoms with Gasteiger partial charge in [-0.1, -0.05) is 36.4 Å². The first-order valence-electron chi connectivity index (χ1n) is 7.41. The van der Waals surface area contributed by atoms with Crippen LogP contribution in [-0.2, 0) is 0 Å². The lowest BCUT2D eigenvalue weighted by Gasteiger charge is -2.07. The average Bonchev–Trinajstić information content (AvgIpc) is 3.08. The first-order valence-corrected chi connectivity index (χ1v) is 8.20. The van der Waals surface area contributed by atoms with Crippen LogP contribution in [0.25, 0.3) is 22.7 Å². The predicted octanol–water partition coefficient (Wildman–Crippen LogP) is 4.57. The molecule has 0 spiro atoms. The monoisotopic (exact) mass is 366 g/mol. The van der Waals surface area contributed by atoms with Gasteiger partial charge in [-0.25, -0.2) is 9.67 Å². The molecule has 1 aromatic carbocycles. The summed E-state index contributed by atoms with van der Waals surface area (Å²) in [5, 5.41) is 4.70. The van der Waals surface area contributed by atoms with Gasteiger partial charge < -0.3 is 0 Å². The van der Waals surface area contributed by atoms with Gasteiger partial charge >= 0.3 is 0 Å². The van der Waals surface area contributed by atoms with E-state index in [1.807, 2.05) is 54.2 Å². The van der Waals surface area contributed by atoms with E-state index in [-0.39, 0.29) is 0 Å². The first kappa shape index (κ1) is 14.2. The van der Waals surface area contributed by atoms with Gasteiger partial charge in [-0.2, -0.15) is 5.10 Å². The van der Waals surface area contributed by atoms with Crippen LogP contribution < -0.4 is 0 Å². The molecule has 0 unspecified atom stereocenters. The fourth-order valence-electron chi connectivity index (χ4n) is 2.80. The number of rotatable bonds is 2. The minimum atomic E-state index is 0.907. The maximum atomic E-state index is 4.83. The molecule has 0 saturated heterocycles. The van der Waals surface area contributed by atoms with Crippen molar-refractivity contribution in [2.75, 3.05) is 0 Å². The Bertz CT molecular complexity index is 999. The van der Waals surface area contributed by atoms with E-state index in [1.165, 1.54) is 0 Å². The maximum absolute atomic E-state index is 4.83. The van der Waals surface area contributed by atoms with Gasteiger partial charge in [0.15, 0.2) is 5.82 Å². The number of nitrogens with zero attached hydrogens (tertiary/aromatic N) is 4. The summed E-state index contributed by atoms with van der Waals surface area (Å²) < 4.78 is 5.07. The van der Waals surface area contributed by atoms with Crippen LogP contribution in [0.1, 0.15) is 11.4 Å². The molecule has 0 N–H and O–H groups in total. The van der Waals surface area contributed by atoms with Crippen LogP contribution >= 0.6 is 15.9 Å². The molecule has 0 aliphatic carbocycles. The van der Waals surface area contributed by atoms with Gasteiger partial charge in [0, 0.05) is 11.8 Å². The molecule has 0 radical (unpaired) electrons. The number of fused-ring (bicyclic) bond motifs is 1. The first-order chi connectivity index (χ1) is 11.2. The van der Waals surface area contributed by atoms with E-state index in [4.69, 9.17) is 10.1 Å². The molecule has 0 fully saturated rings. The van der Waals surface area contributed by atoms with Crippen molar-refractivity contribution in [2.24, 2.45) is 0 Å². The minimum Gasteiger partial charge on any atom is -0.284 e. The van der Waals surface area contributed by atoms with E-state index in [0.717, 1.165) is 38.6 Å². The Morgan fingerprint density at radius 3 is 2.39 bits per heavy atom. The van der Waals surface area contributed by atoms with Gasteiger partial charge in [0.05, 0.1) is 15.9 Å². The number of pyridine rings is 1. The zero-order chi connectivity index (χ0) is 16.0. The molecule has 0 aliphatic heterocycles. The van der Waals surface area contributed by atoms with Crippen molar-refractivity contribution < 1.29 is 0 Å². The number of aromatic nitrogens is 4. The van der Waals surface area contributed by atoms with Gasteiger partial charge in [-0.15, -0.1) is 0 Å². The van der Waals surface area contributed by atoms with Crippen LogP contribution in [0, 0.1) is 13.8 Å². The van der Waals surface area contributed by atoms with Gasteiger partial charge in [-0.3, -0.25) is 4.40 Å². The molecule has 3 heterocycles. The van der Waals surface area contributed by atoms with E-state index < -0.39 is 0 Å². The Labute approximate surface area is 142 Å². The lowest BCUT2D eigenvalue weighted by Crippen LogP contribution is -2.04. The quantitative estimate of drug-likeness (QED) is 0.520. The zero-order valence-electron chi connectivity index (χ0n) is 12.9. The Kier molecular flexibility index (Phi) is 3.31. The highest BCUT2D eigenvalue weighted by Crippen LogP contribution is 2.30. The molecule has 114 valence electrons.